The van der Waals surface area contributed by atoms with E-state index >= 15 is 0 Å². The van der Waals surface area contributed by atoms with E-state index in [1.807, 2.05) is 0 Å². The monoisotopic (exact) mass is 310 g/mol. The first kappa shape index (κ1) is 15.5. The third kappa shape index (κ3) is 1.97. The van der Waals surface area contributed by atoms with E-state index in [0.717, 1.165) is 31.6 Å². The summed E-state index contributed by atoms with van der Waals surface area (Å²) in [7, 11) is 0. The van der Waals surface area contributed by atoms with Crippen LogP contribution in [0.1, 0.15) is 65.7 Å². The summed E-state index contributed by atoms with van der Waals surface area (Å²) in [5.74, 6) is 6.68. The predicted octanol–water partition coefficient (Wildman–Crippen LogP) is 5.01. The highest BCUT2D eigenvalue weighted by atomic mass is 16.1. The van der Waals surface area contributed by atoms with Crippen molar-refractivity contribution in [2.45, 2.75) is 65.7 Å². The highest BCUT2D eigenvalue weighted by molar-refractivity contribution is 5.87. The van der Waals surface area contributed by atoms with Gasteiger partial charge in [-0.3, -0.25) is 4.79 Å². The Morgan fingerprint density at radius 1 is 1.13 bits per heavy atom. The normalized spacial score (nSPS) is 52.0. The van der Waals surface area contributed by atoms with E-state index in [-0.39, 0.29) is 5.41 Å². The Bertz CT molecular complexity index is 608. The van der Waals surface area contributed by atoms with E-state index in [0.29, 0.717) is 34.9 Å². The van der Waals surface area contributed by atoms with Crippen LogP contribution < -0.4 is 0 Å². The second kappa shape index (κ2) is 4.98. The highest BCUT2D eigenvalue weighted by Crippen LogP contribution is 2.65. The molecule has 0 spiro atoms. The molecule has 23 heavy (non-hydrogen) atoms. The van der Waals surface area contributed by atoms with Gasteiger partial charge in [-0.25, -0.2) is 0 Å². The van der Waals surface area contributed by atoms with Crippen molar-refractivity contribution in [3.63, 3.8) is 0 Å². The number of hydrogen-bond donors (Lipinski definition) is 0. The zero-order chi connectivity index (χ0) is 16.4. The Morgan fingerprint density at radius 2 is 1.83 bits per heavy atom. The van der Waals surface area contributed by atoms with Gasteiger partial charge in [-0.1, -0.05) is 32.4 Å². The molecule has 0 aromatic carbocycles. The van der Waals surface area contributed by atoms with Crippen molar-refractivity contribution in [1.82, 2.24) is 0 Å². The van der Waals surface area contributed by atoms with Gasteiger partial charge in [0.25, 0.3) is 0 Å². The summed E-state index contributed by atoms with van der Waals surface area (Å²) in [5.41, 5.74) is 1.97. The molecule has 7 atom stereocenters. The first-order valence-electron chi connectivity index (χ1n) is 9.61. The van der Waals surface area contributed by atoms with Gasteiger partial charge < -0.3 is 0 Å². The second-order valence-corrected chi connectivity index (χ2v) is 9.28. The van der Waals surface area contributed by atoms with Gasteiger partial charge in [0.15, 0.2) is 0 Å². The van der Waals surface area contributed by atoms with Gasteiger partial charge in [-0.2, -0.15) is 0 Å². The topological polar surface area (TPSA) is 17.1 Å². The molecule has 124 valence electrons. The number of terminal acetylenes is 1. The quantitative estimate of drug-likeness (QED) is 0.454. The van der Waals surface area contributed by atoms with Crippen molar-refractivity contribution >= 4 is 5.78 Å². The lowest BCUT2D eigenvalue weighted by molar-refractivity contribution is -0.133. The molecule has 2 unspecified atom stereocenters. The lowest BCUT2D eigenvalue weighted by Crippen LogP contribution is -2.52. The van der Waals surface area contributed by atoms with E-state index in [2.05, 4.69) is 32.8 Å². The summed E-state index contributed by atoms with van der Waals surface area (Å²) < 4.78 is 0. The molecule has 0 aromatic heterocycles. The highest BCUT2D eigenvalue weighted by Gasteiger charge is 2.59. The number of fused-ring (bicyclic) bond motifs is 5. The number of allylic oxidation sites excluding steroid dienone is 2. The van der Waals surface area contributed by atoms with Gasteiger partial charge in [-0.05, 0) is 67.6 Å². The van der Waals surface area contributed by atoms with E-state index in [9.17, 15) is 4.79 Å². The molecule has 1 nitrogen and oxygen atoms in total. The van der Waals surface area contributed by atoms with Crippen LogP contribution >= 0.6 is 0 Å². The summed E-state index contributed by atoms with van der Waals surface area (Å²) in [4.78, 5) is 12.5. The van der Waals surface area contributed by atoms with Crippen molar-refractivity contribution in [1.29, 1.82) is 0 Å². The molecule has 3 fully saturated rings. The van der Waals surface area contributed by atoms with Crippen LogP contribution in [-0.2, 0) is 4.79 Å². The van der Waals surface area contributed by atoms with Crippen molar-refractivity contribution in [2.75, 3.05) is 0 Å². The molecular formula is C22H30O. The molecule has 0 N–H and O–H groups in total. The molecule has 4 rings (SSSR count). The fourth-order valence-corrected chi connectivity index (χ4v) is 6.93. The van der Waals surface area contributed by atoms with Crippen molar-refractivity contribution < 1.29 is 4.79 Å². The number of hydrogen-bond acceptors (Lipinski definition) is 1. The van der Waals surface area contributed by atoms with Crippen LogP contribution in [-0.4, -0.2) is 5.78 Å². The van der Waals surface area contributed by atoms with E-state index in [1.165, 1.54) is 19.3 Å². The summed E-state index contributed by atoms with van der Waals surface area (Å²) in [6, 6.07) is 0. The van der Waals surface area contributed by atoms with Crippen molar-refractivity contribution in [3.8, 4) is 12.3 Å². The number of ketones is 1. The average Bonchev–Trinajstić information content (AvgIpc) is 2.83. The molecule has 0 aliphatic heterocycles. The molecule has 3 saturated carbocycles. The Labute approximate surface area is 141 Å². The fraction of sp³-hybridized carbons (Fsp3) is 0.773. The molecular weight excluding hydrogens is 280 g/mol. The zero-order valence-electron chi connectivity index (χ0n) is 14.9. The fourth-order valence-electron chi connectivity index (χ4n) is 6.93. The minimum absolute atomic E-state index is 0.0207. The Kier molecular flexibility index (Phi) is 3.36. The maximum atomic E-state index is 12.5. The minimum Gasteiger partial charge on any atom is -0.299 e. The summed E-state index contributed by atoms with van der Waals surface area (Å²) in [6.45, 7) is 7.18. The largest absolute Gasteiger partial charge is 0.299 e. The van der Waals surface area contributed by atoms with Crippen LogP contribution in [0.25, 0.3) is 0 Å². The molecule has 0 bridgehead atoms. The lowest BCUT2D eigenvalue weighted by Gasteiger charge is -2.58. The molecule has 0 heterocycles. The number of Topliss-reactive ketones (excluding diaryl/α,β-unsaturated/α-hetero) is 1. The van der Waals surface area contributed by atoms with Crippen LogP contribution in [0.3, 0.4) is 0 Å². The average molecular weight is 310 g/mol. The Balaban J connectivity index is 1.73. The SMILES string of the molecule is C#CC1CC[C@@]2(C)C(=CC(C)[C@@H]3[C@H]2CC[C@]2(C)C(=O)CC[C@@H]32)C1. The first-order chi connectivity index (χ1) is 10.9. The molecule has 4 aliphatic carbocycles. The van der Waals surface area contributed by atoms with Gasteiger partial charge in [0.1, 0.15) is 5.78 Å². The van der Waals surface area contributed by atoms with Crippen LogP contribution in [0.15, 0.2) is 11.6 Å². The van der Waals surface area contributed by atoms with Crippen LogP contribution in [0.5, 0.6) is 0 Å². The van der Waals surface area contributed by atoms with E-state index in [4.69, 9.17) is 6.42 Å². The predicted molar refractivity (Wildman–Crippen MR) is 93.6 cm³/mol. The van der Waals surface area contributed by atoms with E-state index in [1.54, 1.807) is 5.57 Å². The maximum Gasteiger partial charge on any atom is 0.139 e. The molecule has 0 radical (unpaired) electrons. The van der Waals surface area contributed by atoms with Crippen LogP contribution in [0.2, 0.25) is 0 Å². The summed E-state index contributed by atoms with van der Waals surface area (Å²) in [6.07, 6.45) is 16.1. The Hall–Kier alpha value is -1.03. The Morgan fingerprint density at radius 3 is 2.57 bits per heavy atom. The number of carbonyl (C=O) groups is 1. The van der Waals surface area contributed by atoms with Crippen LogP contribution in [0, 0.1) is 52.8 Å². The first-order valence-corrected chi connectivity index (χ1v) is 9.61. The van der Waals surface area contributed by atoms with Crippen molar-refractivity contribution in [2.24, 2.45) is 40.4 Å². The van der Waals surface area contributed by atoms with Crippen molar-refractivity contribution in [3.05, 3.63) is 11.6 Å². The van der Waals surface area contributed by atoms with E-state index < -0.39 is 0 Å². The second-order valence-electron chi connectivity index (χ2n) is 9.28. The lowest BCUT2D eigenvalue weighted by atomic mass is 9.46. The minimum atomic E-state index is -0.0207. The standard InChI is InChI=1S/C22H30O/c1-5-15-8-10-21(3)16(13-15)12-14(2)20-17-6-7-19(23)22(17,4)11-9-18(20)21/h1,12,14-15,17-18,20H,6-11,13H2,2-4H3/t14?,15?,17-,18+,20-,21-,22-/m0/s1. The third-order valence-electron chi connectivity index (χ3n) is 8.38. The maximum absolute atomic E-state index is 12.5. The molecule has 0 amide bonds. The van der Waals surface area contributed by atoms with Gasteiger partial charge in [0.2, 0.25) is 0 Å². The van der Waals surface area contributed by atoms with Gasteiger partial charge in [0.05, 0.1) is 0 Å². The van der Waals surface area contributed by atoms with Gasteiger partial charge in [-0.15, -0.1) is 12.3 Å². The van der Waals surface area contributed by atoms with Gasteiger partial charge >= 0.3 is 0 Å². The zero-order valence-corrected chi connectivity index (χ0v) is 14.9. The van der Waals surface area contributed by atoms with Crippen LogP contribution in [0.4, 0.5) is 0 Å². The molecule has 0 saturated heterocycles. The molecule has 0 aromatic rings. The molecule has 4 aliphatic rings. The summed E-state index contributed by atoms with van der Waals surface area (Å²) in [5, 5.41) is 0. The number of carbonyl (C=O) groups excluding carboxylic acids is 1. The smallest absolute Gasteiger partial charge is 0.139 e. The third-order valence-corrected chi connectivity index (χ3v) is 8.38. The van der Waals surface area contributed by atoms with Gasteiger partial charge in [0, 0.05) is 17.8 Å². The number of rotatable bonds is 0. The molecule has 1 heteroatoms. The summed E-state index contributed by atoms with van der Waals surface area (Å²) >= 11 is 0.